The Kier molecular flexibility index (Phi) is 3.08. The molecule has 0 unspecified atom stereocenters. The molecule has 5 nitrogen and oxygen atoms in total. The Morgan fingerprint density at radius 3 is 2.44 bits per heavy atom. The van der Waals surface area contributed by atoms with Crippen molar-refractivity contribution >= 4 is 5.82 Å². The summed E-state index contributed by atoms with van der Waals surface area (Å²) in [5.41, 5.74) is 11.5. The number of nitrogens with one attached hydrogen (secondary N) is 1. The van der Waals surface area contributed by atoms with E-state index in [0.717, 1.165) is 11.3 Å². The lowest BCUT2D eigenvalue weighted by Crippen LogP contribution is -2.10. The highest BCUT2D eigenvalue weighted by Gasteiger charge is 2.13. The minimum atomic E-state index is 0.139. The topological polar surface area (TPSA) is 77.4 Å². The van der Waals surface area contributed by atoms with Gasteiger partial charge in [0.05, 0.1) is 5.69 Å². The van der Waals surface area contributed by atoms with Crippen molar-refractivity contribution in [2.24, 2.45) is 5.11 Å². The number of H-pyrrole nitrogens is 1. The summed E-state index contributed by atoms with van der Waals surface area (Å²) in [4.78, 5) is 2.71. The van der Waals surface area contributed by atoms with E-state index in [2.05, 4.69) is 53.1 Å². The first-order valence-electron chi connectivity index (χ1n) is 5.72. The third-order valence-corrected chi connectivity index (χ3v) is 2.76. The molecule has 1 aromatic carbocycles. The van der Waals surface area contributed by atoms with E-state index in [1.807, 2.05) is 12.1 Å². The van der Waals surface area contributed by atoms with E-state index in [0.29, 0.717) is 5.82 Å². The SMILES string of the molecule is CC(C)(C)c1ccc(-c2cc(N=[N+]=[N-])[nH]n2)cc1. The predicted octanol–water partition coefficient (Wildman–Crippen LogP) is 4.32. The molecule has 0 saturated carbocycles. The molecule has 0 aliphatic carbocycles. The van der Waals surface area contributed by atoms with Crippen LogP contribution in [0.15, 0.2) is 35.4 Å². The average Bonchev–Trinajstić information content (AvgIpc) is 2.77. The average molecular weight is 241 g/mol. The van der Waals surface area contributed by atoms with E-state index in [9.17, 15) is 0 Å². The van der Waals surface area contributed by atoms with Crippen molar-refractivity contribution in [1.82, 2.24) is 10.2 Å². The van der Waals surface area contributed by atoms with Gasteiger partial charge in [-0.2, -0.15) is 5.10 Å². The molecule has 0 radical (unpaired) electrons. The van der Waals surface area contributed by atoms with Crippen molar-refractivity contribution in [3.05, 3.63) is 46.3 Å². The van der Waals surface area contributed by atoms with Gasteiger partial charge >= 0.3 is 0 Å². The number of azide groups is 1. The largest absolute Gasteiger partial charge is 0.275 e. The number of benzene rings is 1. The maximum atomic E-state index is 8.34. The van der Waals surface area contributed by atoms with E-state index in [-0.39, 0.29) is 5.41 Å². The third kappa shape index (κ3) is 2.52. The standard InChI is InChI=1S/C13H15N5/c1-13(2,3)10-6-4-9(5-7-10)11-8-12(16-15-11)17-18-14/h4-8H,1-3H3,(H,15,16). The molecule has 5 heteroatoms. The molecule has 0 spiro atoms. The molecular weight excluding hydrogens is 226 g/mol. The van der Waals surface area contributed by atoms with Gasteiger partial charge in [0, 0.05) is 10.5 Å². The van der Waals surface area contributed by atoms with Gasteiger partial charge in [0.2, 0.25) is 0 Å². The van der Waals surface area contributed by atoms with Gasteiger partial charge in [-0.15, -0.1) is 0 Å². The fourth-order valence-corrected chi connectivity index (χ4v) is 1.70. The van der Waals surface area contributed by atoms with Crippen LogP contribution in [0.2, 0.25) is 0 Å². The Bertz CT molecular complexity index is 583. The highest BCUT2D eigenvalue weighted by molar-refractivity contribution is 5.62. The van der Waals surface area contributed by atoms with Crippen LogP contribution >= 0.6 is 0 Å². The molecule has 0 aliphatic rings. The highest BCUT2D eigenvalue weighted by Crippen LogP contribution is 2.26. The molecule has 0 atom stereocenters. The first kappa shape index (κ1) is 12.2. The number of rotatable bonds is 2. The number of hydrogen-bond donors (Lipinski definition) is 1. The maximum Gasteiger partial charge on any atom is 0.122 e. The first-order valence-corrected chi connectivity index (χ1v) is 5.72. The van der Waals surface area contributed by atoms with Gasteiger partial charge in [-0.1, -0.05) is 45.0 Å². The van der Waals surface area contributed by atoms with Gasteiger partial charge in [-0.05, 0) is 27.7 Å². The highest BCUT2D eigenvalue weighted by atomic mass is 15.2. The summed E-state index contributed by atoms with van der Waals surface area (Å²) in [6.07, 6.45) is 0. The number of aromatic amines is 1. The van der Waals surface area contributed by atoms with Gasteiger partial charge in [-0.25, -0.2) is 0 Å². The van der Waals surface area contributed by atoms with Crippen LogP contribution in [0.25, 0.3) is 21.7 Å². The molecule has 0 saturated heterocycles. The van der Waals surface area contributed by atoms with Crippen molar-refractivity contribution in [2.45, 2.75) is 26.2 Å². The fourth-order valence-electron chi connectivity index (χ4n) is 1.70. The summed E-state index contributed by atoms with van der Waals surface area (Å²) in [5, 5.41) is 10.3. The maximum absolute atomic E-state index is 8.34. The molecule has 0 aliphatic heterocycles. The summed E-state index contributed by atoms with van der Waals surface area (Å²) < 4.78 is 0. The first-order chi connectivity index (χ1) is 8.50. The lowest BCUT2D eigenvalue weighted by Gasteiger charge is -2.18. The van der Waals surface area contributed by atoms with E-state index < -0.39 is 0 Å². The van der Waals surface area contributed by atoms with E-state index in [1.165, 1.54) is 5.56 Å². The van der Waals surface area contributed by atoms with Crippen LogP contribution in [0.5, 0.6) is 0 Å². The van der Waals surface area contributed by atoms with Crippen LogP contribution in [0, 0.1) is 0 Å². The minimum absolute atomic E-state index is 0.139. The molecule has 0 fully saturated rings. The minimum Gasteiger partial charge on any atom is -0.275 e. The number of nitrogens with zero attached hydrogens (tertiary/aromatic N) is 4. The van der Waals surface area contributed by atoms with Gasteiger partial charge in [-0.3, -0.25) is 5.10 Å². The van der Waals surface area contributed by atoms with Crippen molar-refractivity contribution in [3.8, 4) is 11.3 Å². The zero-order valence-electron chi connectivity index (χ0n) is 10.7. The summed E-state index contributed by atoms with van der Waals surface area (Å²) in [6.45, 7) is 6.53. The molecule has 2 aromatic rings. The summed E-state index contributed by atoms with van der Waals surface area (Å²) in [7, 11) is 0. The smallest absolute Gasteiger partial charge is 0.122 e. The molecule has 0 amide bonds. The van der Waals surface area contributed by atoms with Crippen LogP contribution in [0.3, 0.4) is 0 Å². The summed E-state index contributed by atoms with van der Waals surface area (Å²) >= 11 is 0. The van der Waals surface area contributed by atoms with Gasteiger partial charge < -0.3 is 0 Å². The molecular formula is C13H15N5. The fraction of sp³-hybridized carbons (Fsp3) is 0.308. The van der Waals surface area contributed by atoms with E-state index >= 15 is 0 Å². The van der Waals surface area contributed by atoms with Crippen molar-refractivity contribution in [1.29, 1.82) is 0 Å². The van der Waals surface area contributed by atoms with Gasteiger partial charge in [0.25, 0.3) is 0 Å². The van der Waals surface area contributed by atoms with Crippen LogP contribution in [0.1, 0.15) is 26.3 Å². The van der Waals surface area contributed by atoms with Crippen molar-refractivity contribution < 1.29 is 0 Å². The van der Waals surface area contributed by atoms with Crippen molar-refractivity contribution in [2.75, 3.05) is 0 Å². The van der Waals surface area contributed by atoms with Crippen LogP contribution < -0.4 is 0 Å². The molecule has 18 heavy (non-hydrogen) atoms. The van der Waals surface area contributed by atoms with Crippen LogP contribution in [-0.4, -0.2) is 10.2 Å². The molecule has 1 aromatic heterocycles. The normalized spacial score (nSPS) is 11.1. The summed E-state index contributed by atoms with van der Waals surface area (Å²) in [5.74, 6) is 0.424. The zero-order valence-corrected chi connectivity index (χ0v) is 10.7. The Hall–Kier alpha value is -2.26. The number of hydrogen-bond acceptors (Lipinski definition) is 2. The monoisotopic (exact) mass is 241 g/mol. The molecule has 1 heterocycles. The Balaban J connectivity index is 2.31. The lowest BCUT2D eigenvalue weighted by molar-refractivity contribution is 0.590. The second-order valence-corrected chi connectivity index (χ2v) is 5.16. The second kappa shape index (κ2) is 4.55. The quantitative estimate of drug-likeness (QED) is 0.474. The molecule has 2 rings (SSSR count). The molecule has 92 valence electrons. The Morgan fingerprint density at radius 2 is 1.89 bits per heavy atom. The van der Waals surface area contributed by atoms with Crippen LogP contribution in [-0.2, 0) is 5.41 Å². The Labute approximate surface area is 105 Å². The Morgan fingerprint density at radius 1 is 1.22 bits per heavy atom. The van der Waals surface area contributed by atoms with Crippen molar-refractivity contribution in [3.63, 3.8) is 0 Å². The zero-order chi connectivity index (χ0) is 13.2. The third-order valence-electron chi connectivity index (χ3n) is 2.76. The molecule has 0 bridgehead atoms. The van der Waals surface area contributed by atoms with E-state index in [1.54, 1.807) is 6.07 Å². The van der Waals surface area contributed by atoms with Gasteiger partial charge in [0.15, 0.2) is 0 Å². The number of aromatic nitrogens is 2. The second-order valence-electron chi connectivity index (χ2n) is 5.16. The predicted molar refractivity (Wildman–Crippen MR) is 71.5 cm³/mol. The molecule has 1 N–H and O–H groups in total. The summed E-state index contributed by atoms with van der Waals surface area (Å²) in [6, 6.07) is 9.97. The van der Waals surface area contributed by atoms with Gasteiger partial charge in [0.1, 0.15) is 5.82 Å². The van der Waals surface area contributed by atoms with E-state index in [4.69, 9.17) is 5.53 Å². The van der Waals surface area contributed by atoms with Crippen LogP contribution in [0.4, 0.5) is 5.82 Å². The lowest BCUT2D eigenvalue weighted by atomic mass is 9.86.